The summed E-state index contributed by atoms with van der Waals surface area (Å²) in [4.78, 5) is 3.46. The van der Waals surface area contributed by atoms with Crippen LogP contribution in [0.15, 0.2) is 36.5 Å². The van der Waals surface area contributed by atoms with Crippen LogP contribution >= 0.6 is 0 Å². The molecule has 1 saturated carbocycles. The smallest absolute Gasteiger partial charge is 0.225 e. The quantitative estimate of drug-likeness (QED) is 0.488. The molecule has 0 aliphatic heterocycles. The van der Waals surface area contributed by atoms with E-state index in [9.17, 15) is 8.78 Å². The van der Waals surface area contributed by atoms with Gasteiger partial charge in [0.25, 0.3) is 0 Å². The number of rotatable bonds is 7. The monoisotopic (exact) mass is 357 g/mol. The first kappa shape index (κ1) is 19.0. The topological polar surface area (TPSA) is 12.9 Å². The average molecular weight is 357 g/mol. The molecule has 1 fully saturated rings. The normalized spacial score (nSPS) is 20.3. The molecule has 1 nitrogen and oxygen atoms in total. The number of nitrogens with zero attached hydrogens (tertiary/aromatic N) is 1. The minimum absolute atomic E-state index is 0.612. The number of hydrogen-bond acceptors (Lipinski definition) is 1. The van der Waals surface area contributed by atoms with Gasteiger partial charge in [0.2, 0.25) is 5.95 Å². The van der Waals surface area contributed by atoms with Gasteiger partial charge in [-0.05, 0) is 41.9 Å². The van der Waals surface area contributed by atoms with Crippen LogP contribution < -0.4 is 0 Å². The number of unbranched alkanes of at least 4 members (excludes halogenated alkanes) is 1. The summed E-state index contributed by atoms with van der Waals surface area (Å²) >= 11 is 0. The molecular formula is C23H29F2N. The first-order valence-electron chi connectivity index (χ1n) is 10.1. The second-order valence-electron chi connectivity index (χ2n) is 7.76. The first-order valence-corrected chi connectivity index (χ1v) is 10.1. The molecule has 0 atom stereocenters. The van der Waals surface area contributed by atoms with Crippen molar-refractivity contribution in [3.8, 4) is 11.1 Å². The lowest BCUT2D eigenvalue weighted by molar-refractivity contribution is 0.250. The van der Waals surface area contributed by atoms with Crippen LogP contribution in [0.5, 0.6) is 0 Å². The molecule has 140 valence electrons. The maximum atomic E-state index is 13.3. The highest BCUT2D eigenvalue weighted by Crippen LogP contribution is 2.34. The molecule has 1 aromatic heterocycles. The molecule has 1 aliphatic rings. The summed E-state index contributed by atoms with van der Waals surface area (Å²) in [5.41, 5.74) is 2.80. The highest BCUT2D eigenvalue weighted by molar-refractivity contribution is 5.62. The van der Waals surface area contributed by atoms with E-state index in [2.05, 4.69) is 24.0 Å². The Morgan fingerprint density at radius 3 is 2.19 bits per heavy atom. The molecule has 0 spiro atoms. The molecule has 0 N–H and O–H groups in total. The number of benzene rings is 1. The van der Waals surface area contributed by atoms with Crippen molar-refractivity contribution in [2.75, 3.05) is 0 Å². The fraction of sp³-hybridized carbons (Fsp3) is 0.522. The van der Waals surface area contributed by atoms with E-state index in [1.54, 1.807) is 0 Å². The van der Waals surface area contributed by atoms with Crippen molar-refractivity contribution in [3.63, 3.8) is 0 Å². The predicted octanol–water partition coefficient (Wildman–Crippen LogP) is 6.96. The van der Waals surface area contributed by atoms with Crippen LogP contribution in [0.4, 0.5) is 8.78 Å². The van der Waals surface area contributed by atoms with Crippen molar-refractivity contribution >= 4 is 0 Å². The Morgan fingerprint density at radius 2 is 1.58 bits per heavy atom. The van der Waals surface area contributed by atoms with Gasteiger partial charge in [-0.1, -0.05) is 76.1 Å². The van der Waals surface area contributed by atoms with Gasteiger partial charge in [0.05, 0.1) is 0 Å². The van der Waals surface area contributed by atoms with E-state index in [0.717, 1.165) is 23.8 Å². The molecular weight excluding hydrogens is 328 g/mol. The van der Waals surface area contributed by atoms with Gasteiger partial charge in [-0.15, -0.1) is 0 Å². The molecule has 1 aromatic carbocycles. The summed E-state index contributed by atoms with van der Waals surface area (Å²) in [7, 11) is 0. The summed E-state index contributed by atoms with van der Waals surface area (Å²) in [6, 6.07) is 9.36. The number of aryl methyl sites for hydroxylation is 1. The molecule has 1 heterocycles. The van der Waals surface area contributed by atoms with E-state index in [0.29, 0.717) is 5.56 Å². The lowest BCUT2D eigenvalue weighted by Gasteiger charge is -2.28. The van der Waals surface area contributed by atoms with E-state index >= 15 is 0 Å². The minimum atomic E-state index is -1.05. The molecule has 0 bridgehead atoms. The van der Waals surface area contributed by atoms with Crippen LogP contribution in [0.1, 0.15) is 63.9 Å². The van der Waals surface area contributed by atoms with Crippen molar-refractivity contribution < 1.29 is 8.78 Å². The molecule has 0 amide bonds. The van der Waals surface area contributed by atoms with Gasteiger partial charge < -0.3 is 0 Å². The second-order valence-corrected chi connectivity index (χ2v) is 7.76. The van der Waals surface area contributed by atoms with Gasteiger partial charge in [-0.25, -0.2) is 9.37 Å². The van der Waals surface area contributed by atoms with E-state index in [1.807, 2.05) is 12.1 Å². The lowest BCUT2D eigenvalue weighted by atomic mass is 9.78. The Labute approximate surface area is 155 Å². The highest BCUT2D eigenvalue weighted by atomic mass is 19.2. The molecule has 0 radical (unpaired) electrons. The van der Waals surface area contributed by atoms with Crippen molar-refractivity contribution in [3.05, 3.63) is 53.9 Å². The van der Waals surface area contributed by atoms with Crippen molar-refractivity contribution in [1.82, 2.24) is 4.98 Å². The zero-order chi connectivity index (χ0) is 18.4. The lowest BCUT2D eigenvalue weighted by Crippen LogP contribution is -2.15. The molecule has 2 aromatic rings. The molecule has 0 unspecified atom stereocenters. The predicted molar refractivity (Wildman–Crippen MR) is 103 cm³/mol. The summed E-state index contributed by atoms with van der Waals surface area (Å²) in [6.45, 7) is 2.28. The molecule has 3 heteroatoms. The van der Waals surface area contributed by atoms with Gasteiger partial charge in [-0.3, -0.25) is 0 Å². The van der Waals surface area contributed by atoms with E-state index in [4.69, 9.17) is 0 Å². The van der Waals surface area contributed by atoms with Crippen molar-refractivity contribution in [2.24, 2.45) is 11.8 Å². The maximum absolute atomic E-state index is 13.3. The van der Waals surface area contributed by atoms with Crippen LogP contribution in [-0.4, -0.2) is 4.98 Å². The zero-order valence-electron chi connectivity index (χ0n) is 15.7. The van der Waals surface area contributed by atoms with Crippen LogP contribution in [0, 0.1) is 23.6 Å². The zero-order valence-corrected chi connectivity index (χ0v) is 15.7. The van der Waals surface area contributed by atoms with Crippen molar-refractivity contribution in [1.29, 1.82) is 0 Å². The maximum Gasteiger partial charge on any atom is 0.248 e. The van der Waals surface area contributed by atoms with Gasteiger partial charge >= 0.3 is 0 Å². The number of hydrogen-bond donors (Lipinski definition) is 0. The highest BCUT2D eigenvalue weighted by Gasteiger charge is 2.20. The Bertz CT molecular complexity index is 688. The molecule has 1 aliphatic carbocycles. The molecule has 3 rings (SSSR count). The third kappa shape index (κ3) is 5.12. The minimum Gasteiger partial charge on any atom is -0.225 e. The Hall–Kier alpha value is -1.77. The largest absolute Gasteiger partial charge is 0.248 e. The summed E-state index contributed by atoms with van der Waals surface area (Å²) in [5, 5.41) is 0. The SMILES string of the molecule is CCCC[C@H]1CC[C@H](CCc2ccc(-c3cnc(F)c(F)c3)cc2)CC1. The van der Waals surface area contributed by atoms with Crippen molar-refractivity contribution in [2.45, 2.75) is 64.7 Å². The second kappa shape index (κ2) is 9.25. The molecule has 0 saturated heterocycles. The Kier molecular flexibility index (Phi) is 6.76. The van der Waals surface area contributed by atoms with Crippen LogP contribution in [0.25, 0.3) is 11.1 Å². The Balaban J connectivity index is 1.48. The van der Waals surface area contributed by atoms with Crippen LogP contribution in [0.2, 0.25) is 0 Å². The number of halogens is 2. The van der Waals surface area contributed by atoms with Gasteiger partial charge in [0, 0.05) is 11.8 Å². The summed E-state index contributed by atoms with van der Waals surface area (Å²) < 4.78 is 26.3. The molecule has 26 heavy (non-hydrogen) atoms. The third-order valence-corrected chi connectivity index (χ3v) is 5.86. The van der Waals surface area contributed by atoms with Gasteiger partial charge in [0.1, 0.15) is 0 Å². The van der Waals surface area contributed by atoms with Crippen LogP contribution in [-0.2, 0) is 6.42 Å². The summed E-state index contributed by atoms with van der Waals surface area (Å²) in [6.07, 6.45) is 13.4. The summed E-state index contributed by atoms with van der Waals surface area (Å²) in [5.74, 6) is -0.117. The fourth-order valence-corrected chi connectivity index (χ4v) is 4.12. The fourth-order valence-electron chi connectivity index (χ4n) is 4.12. The first-order chi connectivity index (χ1) is 12.7. The standard InChI is InChI=1S/C23H29F2N/c1-2-3-4-17-5-7-18(8-6-17)9-10-19-11-13-20(14-12-19)21-15-22(24)23(25)26-16-21/h11-18H,2-10H2,1H3/t17-,18-. The Morgan fingerprint density at radius 1 is 0.923 bits per heavy atom. The van der Waals surface area contributed by atoms with Gasteiger partial charge in [0.15, 0.2) is 5.82 Å². The van der Waals surface area contributed by atoms with E-state index in [-0.39, 0.29) is 0 Å². The number of pyridine rings is 1. The van der Waals surface area contributed by atoms with Gasteiger partial charge in [-0.2, -0.15) is 4.39 Å². The van der Waals surface area contributed by atoms with E-state index in [1.165, 1.54) is 69.2 Å². The number of aromatic nitrogens is 1. The van der Waals surface area contributed by atoms with E-state index < -0.39 is 11.8 Å². The van der Waals surface area contributed by atoms with Crippen LogP contribution in [0.3, 0.4) is 0 Å². The third-order valence-electron chi connectivity index (χ3n) is 5.86. The average Bonchev–Trinajstić information content (AvgIpc) is 2.68.